The van der Waals surface area contributed by atoms with Crippen LogP contribution in [-0.4, -0.2) is 38.0 Å². The van der Waals surface area contributed by atoms with Crippen LogP contribution < -0.4 is 5.32 Å². The maximum Gasteiger partial charge on any atom is 0.193 e. The predicted octanol–water partition coefficient (Wildman–Crippen LogP) is 1.35. The van der Waals surface area contributed by atoms with Crippen LogP contribution in [0.1, 0.15) is 12.7 Å². The van der Waals surface area contributed by atoms with Crippen molar-refractivity contribution in [3.63, 3.8) is 0 Å². The predicted molar refractivity (Wildman–Crippen MR) is 62.1 cm³/mol. The Kier molecular flexibility index (Phi) is 4.74. The first-order chi connectivity index (χ1) is 7.24. The molecule has 0 amide bonds. The number of hydrogen-bond donors (Lipinski definition) is 1. The first-order valence-corrected chi connectivity index (χ1v) is 5.22. The summed E-state index contributed by atoms with van der Waals surface area (Å²) in [5.74, 6) is 1.90. The maximum atomic E-state index is 5.23. The minimum Gasteiger partial charge on any atom is -0.469 e. The van der Waals surface area contributed by atoms with Gasteiger partial charge in [-0.1, -0.05) is 0 Å². The van der Waals surface area contributed by atoms with Crippen LogP contribution in [0, 0.1) is 0 Å². The van der Waals surface area contributed by atoms with Crippen molar-refractivity contribution in [2.75, 3.05) is 27.2 Å². The average Bonchev–Trinajstić information content (AvgIpc) is 2.69. The number of nitrogens with one attached hydrogen (secondary N) is 1. The Morgan fingerprint density at radius 1 is 1.53 bits per heavy atom. The molecule has 1 heterocycles. The molecule has 0 bridgehead atoms. The average molecular weight is 209 g/mol. The highest BCUT2D eigenvalue weighted by Crippen LogP contribution is 2.00. The molecule has 0 saturated carbocycles. The number of nitrogens with zero attached hydrogens (tertiary/aromatic N) is 2. The van der Waals surface area contributed by atoms with Gasteiger partial charge in [0.25, 0.3) is 0 Å². The molecule has 0 unspecified atom stereocenters. The molecule has 0 radical (unpaired) electrons. The molecule has 4 nitrogen and oxygen atoms in total. The fraction of sp³-hybridized carbons (Fsp3) is 0.545. The molecule has 15 heavy (non-hydrogen) atoms. The summed E-state index contributed by atoms with van der Waals surface area (Å²) >= 11 is 0. The molecule has 1 aromatic rings. The van der Waals surface area contributed by atoms with Gasteiger partial charge in [-0.2, -0.15) is 0 Å². The van der Waals surface area contributed by atoms with Gasteiger partial charge in [-0.05, 0) is 19.1 Å². The van der Waals surface area contributed by atoms with Gasteiger partial charge in [-0.25, -0.2) is 0 Å². The van der Waals surface area contributed by atoms with E-state index in [4.69, 9.17) is 4.42 Å². The minimum absolute atomic E-state index is 0.744. The van der Waals surface area contributed by atoms with E-state index in [1.54, 1.807) is 6.26 Å². The van der Waals surface area contributed by atoms with Gasteiger partial charge in [0.05, 0.1) is 6.26 Å². The van der Waals surface area contributed by atoms with Crippen LogP contribution in [0.25, 0.3) is 0 Å². The summed E-state index contributed by atoms with van der Waals surface area (Å²) in [7, 11) is 3.96. The lowest BCUT2D eigenvalue weighted by molar-refractivity contribution is 0.509. The molecule has 4 heteroatoms. The van der Waals surface area contributed by atoms with Gasteiger partial charge < -0.3 is 14.6 Å². The van der Waals surface area contributed by atoms with Crippen molar-refractivity contribution in [2.24, 2.45) is 4.99 Å². The van der Waals surface area contributed by atoms with E-state index < -0.39 is 0 Å². The van der Waals surface area contributed by atoms with E-state index in [0.717, 1.165) is 31.2 Å². The van der Waals surface area contributed by atoms with Crippen molar-refractivity contribution in [1.29, 1.82) is 0 Å². The highest BCUT2D eigenvalue weighted by molar-refractivity contribution is 5.79. The van der Waals surface area contributed by atoms with Crippen LogP contribution >= 0.6 is 0 Å². The van der Waals surface area contributed by atoms with Crippen molar-refractivity contribution in [3.8, 4) is 0 Å². The van der Waals surface area contributed by atoms with Crippen LogP contribution in [0.4, 0.5) is 0 Å². The lowest BCUT2D eigenvalue weighted by atomic mass is 10.3. The molecular formula is C11H19N3O. The smallest absolute Gasteiger partial charge is 0.193 e. The molecule has 1 aromatic heterocycles. The zero-order chi connectivity index (χ0) is 11.1. The van der Waals surface area contributed by atoms with Crippen molar-refractivity contribution in [3.05, 3.63) is 24.2 Å². The second-order valence-electron chi connectivity index (χ2n) is 3.46. The van der Waals surface area contributed by atoms with Gasteiger partial charge in [0.15, 0.2) is 5.96 Å². The first kappa shape index (κ1) is 11.6. The van der Waals surface area contributed by atoms with Crippen LogP contribution in [0.3, 0.4) is 0 Å². The van der Waals surface area contributed by atoms with Gasteiger partial charge in [0.1, 0.15) is 5.76 Å². The largest absolute Gasteiger partial charge is 0.469 e. The van der Waals surface area contributed by atoms with E-state index in [9.17, 15) is 0 Å². The van der Waals surface area contributed by atoms with E-state index in [1.165, 1.54) is 0 Å². The van der Waals surface area contributed by atoms with Crippen molar-refractivity contribution in [1.82, 2.24) is 10.2 Å². The summed E-state index contributed by atoms with van der Waals surface area (Å²) in [6.45, 7) is 3.69. The number of rotatable bonds is 4. The number of hydrogen-bond acceptors (Lipinski definition) is 2. The molecule has 84 valence electrons. The molecule has 1 rings (SSSR count). The van der Waals surface area contributed by atoms with E-state index >= 15 is 0 Å². The van der Waals surface area contributed by atoms with E-state index in [2.05, 4.69) is 17.2 Å². The summed E-state index contributed by atoms with van der Waals surface area (Å²) < 4.78 is 5.23. The van der Waals surface area contributed by atoms with E-state index in [-0.39, 0.29) is 0 Å². The molecule has 0 atom stereocenters. The fourth-order valence-corrected chi connectivity index (χ4v) is 1.24. The van der Waals surface area contributed by atoms with Crippen LogP contribution in [0.5, 0.6) is 0 Å². The van der Waals surface area contributed by atoms with Crippen LogP contribution in [0.15, 0.2) is 27.8 Å². The van der Waals surface area contributed by atoms with Gasteiger partial charge >= 0.3 is 0 Å². The van der Waals surface area contributed by atoms with Crippen molar-refractivity contribution >= 4 is 5.96 Å². The third-order valence-electron chi connectivity index (χ3n) is 1.96. The number of guanidine groups is 1. The maximum absolute atomic E-state index is 5.23. The topological polar surface area (TPSA) is 40.8 Å². The SMILES string of the molecule is CCNC(=NCCc1ccco1)N(C)C. The van der Waals surface area contributed by atoms with Gasteiger partial charge in [0, 0.05) is 33.6 Å². The van der Waals surface area contributed by atoms with Gasteiger partial charge in [-0.3, -0.25) is 4.99 Å². The highest BCUT2D eigenvalue weighted by Gasteiger charge is 1.99. The Balaban J connectivity index is 2.40. The third-order valence-corrected chi connectivity index (χ3v) is 1.96. The second-order valence-corrected chi connectivity index (χ2v) is 3.46. The number of aliphatic imine (C=N–C) groups is 1. The summed E-state index contributed by atoms with van der Waals surface area (Å²) in [4.78, 5) is 6.44. The molecule has 0 fully saturated rings. The Labute approximate surface area is 91.0 Å². The van der Waals surface area contributed by atoms with Gasteiger partial charge in [-0.15, -0.1) is 0 Å². The lowest BCUT2D eigenvalue weighted by Crippen LogP contribution is -2.36. The zero-order valence-electron chi connectivity index (χ0n) is 9.66. The molecule has 0 aliphatic heterocycles. The summed E-state index contributed by atoms with van der Waals surface area (Å²) in [5, 5.41) is 3.21. The van der Waals surface area contributed by atoms with E-state index in [1.807, 2.05) is 31.1 Å². The summed E-state index contributed by atoms with van der Waals surface area (Å²) in [6.07, 6.45) is 2.53. The molecule has 0 aliphatic rings. The molecule has 0 aliphatic carbocycles. The van der Waals surface area contributed by atoms with Gasteiger partial charge in [0.2, 0.25) is 0 Å². The second kappa shape index (κ2) is 6.11. The molecule has 0 saturated heterocycles. The Morgan fingerprint density at radius 3 is 2.87 bits per heavy atom. The first-order valence-electron chi connectivity index (χ1n) is 5.22. The Hall–Kier alpha value is -1.45. The molecule has 0 spiro atoms. The standard InChI is InChI=1S/C11H19N3O/c1-4-12-11(14(2)3)13-8-7-10-6-5-9-15-10/h5-6,9H,4,7-8H2,1-3H3,(H,12,13). The number of furan rings is 1. The van der Waals surface area contributed by atoms with Crippen molar-refractivity contribution < 1.29 is 4.42 Å². The quantitative estimate of drug-likeness (QED) is 0.601. The summed E-state index contributed by atoms with van der Waals surface area (Å²) in [5.41, 5.74) is 0. The zero-order valence-corrected chi connectivity index (χ0v) is 9.66. The third kappa shape index (κ3) is 4.06. The lowest BCUT2D eigenvalue weighted by Gasteiger charge is -2.16. The molecular weight excluding hydrogens is 190 g/mol. The summed E-state index contributed by atoms with van der Waals surface area (Å²) in [6, 6.07) is 3.87. The monoisotopic (exact) mass is 209 g/mol. The molecule has 1 N–H and O–H groups in total. The fourth-order valence-electron chi connectivity index (χ4n) is 1.24. The molecule has 0 aromatic carbocycles. The van der Waals surface area contributed by atoms with Crippen LogP contribution in [-0.2, 0) is 6.42 Å². The van der Waals surface area contributed by atoms with Crippen LogP contribution in [0.2, 0.25) is 0 Å². The highest BCUT2D eigenvalue weighted by atomic mass is 16.3. The van der Waals surface area contributed by atoms with E-state index in [0.29, 0.717) is 0 Å². The van der Waals surface area contributed by atoms with Crippen molar-refractivity contribution in [2.45, 2.75) is 13.3 Å². The Morgan fingerprint density at radius 2 is 2.33 bits per heavy atom. The normalized spacial score (nSPS) is 11.5. The minimum atomic E-state index is 0.744. The Bertz CT molecular complexity index is 291.